The van der Waals surface area contributed by atoms with Crippen LogP contribution in [-0.2, 0) is 4.74 Å². The highest BCUT2D eigenvalue weighted by molar-refractivity contribution is 4.82. The number of ether oxygens (including phenoxy) is 1. The quantitative estimate of drug-likeness (QED) is 0.535. The van der Waals surface area contributed by atoms with Gasteiger partial charge in [-0.05, 0) is 19.3 Å². The topological polar surface area (TPSA) is 29.5 Å². The highest BCUT2D eigenvalue weighted by Crippen LogP contribution is 2.17. The normalized spacial score (nSPS) is 36.1. The van der Waals surface area contributed by atoms with E-state index in [2.05, 4.69) is 6.58 Å². The highest BCUT2D eigenvalue weighted by atomic mass is 16.6. The molecule has 1 saturated heterocycles. The summed E-state index contributed by atoms with van der Waals surface area (Å²) in [5.41, 5.74) is 0. The summed E-state index contributed by atoms with van der Waals surface area (Å²) in [5.74, 6) is 0. The van der Waals surface area contributed by atoms with Crippen molar-refractivity contribution in [3.63, 3.8) is 0 Å². The van der Waals surface area contributed by atoms with E-state index in [1.54, 1.807) is 6.08 Å². The number of hydrogen-bond acceptors (Lipinski definition) is 2. The van der Waals surface area contributed by atoms with E-state index in [0.717, 1.165) is 19.3 Å². The molecular weight excluding hydrogens is 116 g/mol. The van der Waals surface area contributed by atoms with Gasteiger partial charge in [-0.25, -0.2) is 0 Å². The van der Waals surface area contributed by atoms with Crippen molar-refractivity contribution < 1.29 is 9.84 Å². The van der Waals surface area contributed by atoms with Crippen LogP contribution in [-0.4, -0.2) is 17.5 Å². The molecule has 1 aliphatic heterocycles. The van der Waals surface area contributed by atoms with E-state index in [0.29, 0.717) is 0 Å². The molecule has 0 radical (unpaired) electrons. The van der Waals surface area contributed by atoms with Gasteiger partial charge in [-0.2, -0.15) is 0 Å². The summed E-state index contributed by atoms with van der Waals surface area (Å²) in [6, 6.07) is 0. The van der Waals surface area contributed by atoms with E-state index in [1.165, 1.54) is 0 Å². The molecule has 1 heterocycles. The predicted molar refractivity (Wildman–Crippen MR) is 34.9 cm³/mol. The maximum Gasteiger partial charge on any atom is 0.155 e. The first-order valence-corrected chi connectivity index (χ1v) is 3.29. The number of aliphatic hydroxyl groups is 1. The zero-order chi connectivity index (χ0) is 6.69. The highest BCUT2D eigenvalue weighted by Gasteiger charge is 2.16. The molecular formula is C7H12O2. The molecule has 2 nitrogen and oxygen atoms in total. The first-order chi connectivity index (χ1) is 4.33. The summed E-state index contributed by atoms with van der Waals surface area (Å²) in [4.78, 5) is 0. The molecule has 0 aromatic heterocycles. The molecule has 0 aromatic rings. The van der Waals surface area contributed by atoms with Crippen molar-refractivity contribution in [1.82, 2.24) is 0 Å². The summed E-state index contributed by atoms with van der Waals surface area (Å²) in [5, 5.41) is 8.94. The summed E-state index contributed by atoms with van der Waals surface area (Å²) < 4.78 is 5.07. The molecule has 1 N–H and O–H groups in total. The minimum absolute atomic E-state index is 0.0775. The lowest BCUT2D eigenvalue weighted by Gasteiger charge is -2.23. The fourth-order valence-electron chi connectivity index (χ4n) is 1.00. The fourth-order valence-corrected chi connectivity index (χ4v) is 1.00. The van der Waals surface area contributed by atoms with Crippen LogP contribution in [0.25, 0.3) is 0 Å². The average Bonchev–Trinajstić information content (AvgIpc) is 1.88. The molecule has 0 spiro atoms. The third-order valence-electron chi connectivity index (χ3n) is 1.53. The van der Waals surface area contributed by atoms with Crippen LogP contribution in [0.4, 0.5) is 0 Å². The van der Waals surface area contributed by atoms with Crippen LogP contribution >= 0.6 is 0 Å². The average molecular weight is 128 g/mol. The lowest BCUT2D eigenvalue weighted by Crippen LogP contribution is -2.25. The van der Waals surface area contributed by atoms with Gasteiger partial charge in [-0.3, -0.25) is 0 Å². The van der Waals surface area contributed by atoms with Gasteiger partial charge in [0.05, 0.1) is 6.10 Å². The van der Waals surface area contributed by atoms with Crippen molar-refractivity contribution in [3.05, 3.63) is 12.7 Å². The Kier molecular flexibility index (Phi) is 2.25. The second-order valence-electron chi connectivity index (χ2n) is 2.30. The minimum atomic E-state index is -0.554. The smallest absolute Gasteiger partial charge is 0.155 e. The minimum Gasteiger partial charge on any atom is -0.368 e. The van der Waals surface area contributed by atoms with Gasteiger partial charge >= 0.3 is 0 Å². The fraction of sp³-hybridized carbons (Fsp3) is 0.714. The van der Waals surface area contributed by atoms with Gasteiger partial charge in [0.25, 0.3) is 0 Å². The molecule has 1 fully saturated rings. The Balaban J connectivity index is 2.31. The van der Waals surface area contributed by atoms with E-state index in [-0.39, 0.29) is 6.10 Å². The molecule has 0 bridgehead atoms. The second kappa shape index (κ2) is 2.99. The van der Waals surface area contributed by atoms with Gasteiger partial charge in [-0.1, -0.05) is 6.08 Å². The first-order valence-electron chi connectivity index (χ1n) is 3.29. The zero-order valence-electron chi connectivity index (χ0n) is 5.42. The molecule has 2 atom stereocenters. The van der Waals surface area contributed by atoms with Crippen LogP contribution in [0, 0.1) is 0 Å². The maximum atomic E-state index is 8.94. The summed E-state index contributed by atoms with van der Waals surface area (Å²) in [7, 11) is 0. The molecule has 0 saturated carbocycles. The first kappa shape index (κ1) is 6.78. The van der Waals surface area contributed by atoms with Gasteiger partial charge in [0.1, 0.15) is 0 Å². The molecule has 1 rings (SSSR count). The van der Waals surface area contributed by atoms with E-state index in [1.807, 2.05) is 0 Å². The maximum absolute atomic E-state index is 8.94. The Labute approximate surface area is 55.1 Å². The standard InChI is InChI=1S/C7H12O2/c1-2-6-4-3-5-7(8)9-6/h2,6-8H,1,3-5H2. The molecule has 2 unspecified atom stereocenters. The number of hydrogen-bond donors (Lipinski definition) is 1. The van der Waals surface area contributed by atoms with Crippen molar-refractivity contribution in [1.29, 1.82) is 0 Å². The zero-order valence-corrected chi connectivity index (χ0v) is 5.42. The lowest BCUT2D eigenvalue weighted by molar-refractivity contribution is -0.147. The monoisotopic (exact) mass is 128 g/mol. The summed E-state index contributed by atoms with van der Waals surface area (Å²) in [6.07, 6.45) is 4.07. The molecule has 0 amide bonds. The van der Waals surface area contributed by atoms with Gasteiger partial charge in [0.15, 0.2) is 6.29 Å². The van der Waals surface area contributed by atoms with Gasteiger partial charge in [-0.15, -0.1) is 6.58 Å². The molecule has 52 valence electrons. The molecule has 0 aromatic carbocycles. The number of rotatable bonds is 1. The van der Waals surface area contributed by atoms with E-state index in [9.17, 15) is 0 Å². The molecule has 0 aliphatic carbocycles. The Bertz CT molecular complexity index is 101. The molecule has 9 heavy (non-hydrogen) atoms. The third kappa shape index (κ3) is 1.80. The van der Waals surface area contributed by atoms with Gasteiger partial charge in [0.2, 0.25) is 0 Å². The Morgan fingerprint density at radius 3 is 2.78 bits per heavy atom. The largest absolute Gasteiger partial charge is 0.368 e. The third-order valence-corrected chi connectivity index (χ3v) is 1.53. The van der Waals surface area contributed by atoms with Crippen LogP contribution in [0.15, 0.2) is 12.7 Å². The van der Waals surface area contributed by atoms with Crippen LogP contribution in [0.1, 0.15) is 19.3 Å². The number of aliphatic hydroxyl groups excluding tert-OH is 1. The summed E-state index contributed by atoms with van der Waals surface area (Å²) >= 11 is 0. The summed E-state index contributed by atoms with van der Waals surface area (Å²) in [6.45, 7) is 3.58. The van der Waals surface area contributed by atoms with Crippen molar-refractivity contribution in [2.75, 3.05) is 0 Å². The second-order valence-corrected chi connectivity index (χ2v) is 2.30. The van der Waals surface area contributed by atoms with E-state index >= 15 is 0 Å². The predicted octanol–water partition coefficient (Wildman–Crippen LogP) is 1.06. The van der Waals surface area contributed by atoms with E-state index in [4.69, 9.17) is 9.84 Å². The SMILES string of the molecule is C=CC1CCCC(O)O1. The molecule has 1 aliphatic rings. The van der Waals surface area contributed by atoms with Crippen LogP contribution < -0.4 is 0 Å². The van der Waals surface area contributed by atoms with Gasteiger partial charge < -0.3 is 9.84 Å². The van der Waals surface area contributed by atoms with Crippen LogP contribution in [0.5, 0.6) is 0 Å². The van der Waals surface area contributed by atoms with Crippen LogP contribution in [0.2, 0.25) is 0 Å². The Morgan fingerprint density at radius 2 is 2.33 bits per heavy atom. The van der Waals surface area contributed by atoms with Crippen LogP contribution in [0.3, 0.4) is 0 Å². The van der Waals surface area contributed by atoms with Crippen molar-refractivity contribution in [2.45, 2.75) is 31.7 Å². The molecule has 2 heteroatoms. The Hall–Kier alpha value is -0.340. The van der Waals surface area contributed by atoms with Crippen molar-refractivity contribution in [3.8, 4) is 0 Å². The van der Waals surface area contributed by atoms with Gasteiger partial charge in [0, 0.05) is 0 Å². The van der Waals surface area contributed by atoms with Crippen molar-refractivity contribution >= 4 is 0 Å². The Morgan fingerprint density at radius 1 is 1.56 bits per heavy atom. The lowest BCUT2D eigenvalue weighted by atomic mass is 10.1. The van der Waals surface area contributed by atoms with E-state index < -0.39 is 6.29 Å². The van der Waals surface area contributed by atoms with Crippen molar-refractivity contribution in [2.24, 2.45) is 0 Å².